The highest BCUT2D eigenvalue weighted by Gasteiger charge is 2.25. The fourth-order valence-corrected chi connectivity index (χ4v) is 2.61. The summed E-state index contributed by atoms with van der Waals surface area (Å²) < 4.78 is 0. The number of ketones is 1. The van der Waals surface area contributed by atoms with E-state index in [0.717, 1.165) is 24.2 Å². The molecule has 1 aromatic carbocycles. The fraction of sp³-hybridized carbons (Fsp3) is 0.533. The highest BCUT2D eigenvalue weighted by atomic mass is 35.5. The Balaban J connectivity index is 0.00000162. The van der Waals surface area contributed by atoms with E-state index in [-0.39, 0.29) is 24.2 Å². The van der Waals surface area contributed by atoms with E-state index in [1.54, 1.807) is 0 Å². The Morgan fingerprint density at radius 3 is 2.39 bits per heavy atom. The Hall–Kier alpha value is -0.860. The minimum Gasteiger partial charge on any atom is -0.294 e. The molecule has 2 rings (SSSR count). The second-order valence-corrected chi connectivity index (χ2v) is 5.10. The predicted molar refractivity (Wildman–Crippen MR) is 77.8 cm³/mol. The molecule has 0 radical (unpaired) electrons. The van der Waals surface area contributed by atoms with Crippen molar-refractivity contribution in [3.05, 3.63) is 34.9 Å². The third-order valence-corrected chi connectivity index (χ3v) is 3.72. The van der Waals surface area contributed by atoms with Crippen LogP contribution in [0.5, 0.6) is 0 Å². The lowest BCUT2D eigenvalue weighted by molar-refractivity contribution is 0.0866. The summed E-state index contributed by atoms with van der Waals surface area (Å²) in [6, 6.07) is 6.11. The molecular formula is C15H22ClNO. The number of carbonyl (C=O) groups excluding carboxylic acids is 1. The van der Waals surface area contributed by atoms with Crippen LogP contribution in [0.1, 0.15) is 41.3 Å². The molecule has 0 aliphatic carbocycles. The second kappa shape index (κ2) is 6.35. The topological polar surface area (TPSA) is 20.3 Å². The molecule has 1 fully saturated rings. The normalized spacial score (nSPS) is 17.3. The summed E-state index contributed by atoms with van der Waals surface area (Å²) >= 11 is 0. The summed E-state index contributed by atoms with van der Waals surface area (Å²) in [5, 5.41) is 0. The zero-order valence-electron chi connectivity index (χ0n) is 11.4. The zero-order chi connectivity index (χ0) is 12.4. The van der Waals surface area contributed by atoms with Crippen molar-refractivity contribution in [1.29, 1.82) is 0 Å². The fourth-order valence-electron chi connectivity index (χ4n) is 2.61. The number of aryl methyl sites for hydroxylation is 2. The molecule has 0 aromatic heterocycles. The van der Waals surface area contributed by atoms with Gasteiger partial charge in [0.15, 0.2) is 5.78 Å². The Morgan fingerprint density at radius 1 is 1.22 bits per heavy atom. The first-order chi connectivity index (χ1) is 8.09. The lowest BCUT2D eigenvalue weighted by atomic mass is 9.98. The molecular weight excluding hydrogens is 246 g/mol. The lowest BCUT2D eigenvalue weighted by Crippen LogP contribution is -2.37. The van der Waals surface area contributed by atoms with Crippen LogP contribution < -0.4 is 0 Å². The summed E-state index contributed by atoms with van der Waals surface area (Å²) in [7, 11) is 0. The van der Waals surface area contributed by atoms with Gasteiger partial charge in [0.2, 0.25) is 0 Å². The lowest BCUT2D eigenvalue weighted by Gasteiger charge is -2.23. The number of hydrogen-bond donors (Lipinski definition) is 0. The molecule has 1 saturated heterocycles. The van der Waals surface area contributed by atoms with E-state index in [9.17, 15) is 4.79 Å². The van der Waals surface area contributed by atoms with Crippen LogP contribution in [0.2, 0.25) is 0 Å². The minimum absolute atomic E-state index is 0. The molecule has 0 saturated carbocycles. The van der Waals surface area contributed by atoms with Gasteiger partial charge in [-0.05, 0) is 52.3 Å². The first-order valence-electron chi connectivity index (χ1n) is 6.45. The van der Waals surface area contributed by atoms with Crippen LogP contribution in [0.3, 0.4) is 0 Å². The van der Waals surface area contributed by atoms with E-state index < -0.39 is 0 Å². The first kappa shape index (κ1) is 15.2. The average molecular weight is 268 g/mol. The number of likely N-dealkylation sites (tertiary alicyclic amines) is 1. The van der Waals surface area contributed by atoms with E-state index in [4.69, 9.17) is 0 Å². The monoisotopic (exact) mass is 267 g/mol. The van der Waals surface area contributed by atoms with Crippen molar-refractivity contribution in [2.24, 2.45) is 0 Å². The van der Waals surface area contributed by atoms with E-state index in [2.05, 4.69) is 17.9 Å². The van der Waals surface area contributed by atoms with E-state index in [1.807, 2.05) is 26.0 Å². The predicted octanol–water partition coefficient (Wildman–Crippen LogP) is 3.39. The van der Waals surface area contributed by atoms with Crippen molar-refractivity contribution in [3.63, 3.8) is 0 Å². The number of carbonyl (C=O) groups is 1. The molecule has 1 aliphatic rings. The molecule has 0 spiro atoms. The number of benzene rings is 1. The van der Waals surface area contributed by atoms with Crippen LogP contribution in [-0.4, -0.2) is 29.8 Å². The molecule has 1 unspecified atom stereocenters. The Morgan fingerprint density at radius 2 is 1.83 bits per heavy atom. The SMILES string of the molecule is Cc1ccc(C(=O)C(C)N2CCCC2)c(C)c1.Cl. The van der Waals surface area contributed by atoms with Gasteiger partial charge in [-0.15, -0.1) is 12.4 Å². The molecule has 2 nitrogen and oxygen atoms in total. The largest absolute Gasteiger partial charge is 0.294 e. The summed E-state index contributed by atoms with van der Waals surface area (Å²) in [5.41, 5.74) is 3.20. The smallest absolute Gasteiger partial charge is 0.179 e. The van der Waals surface area contributed by atoms with Gasteiger partial charge in [-0.1, -0.05) is 23.8 Å². The van der Waals surface area contributed by atoms with Crippen molar-refractivity contribution < 1.29 is 4.79 Å². The van der Waals surface area contributed by atoms with Crippen molar-refractivity contribution in [2.75, 3.05) is 13.1 Å². The van der Waals surface area contributed by atoms with Gasteiger partial charge in [0.05, 0.1) is 6.04 Å². The number of nitrogens with zero attached hydrogens (tertiary/aromatic N) is 1. The van der Waals surface area contributed by atoms with Crippen LogP contribution >= 0.6 is 12.4 Å². The zero-order valence-corrected chi connectivity index (χ0v) is 12.2. The van der Waals surface area contributed by atoms with E-state index >= 15 is 0 Å². The van der Waals surface area contributed by atoms with Crippen LogP contribution in [0.15, 0.2) is 18.2 Å². The number of hydrogen-bond acceptors (Lipinski definition) is 2. The maximum Gasteiger partial charge on any atom is 0.179 e. The Bertz CT molecular complexity index is 425. The van der Waals surface area contributed by atoms with Gasteiger partial charge >= 0.3 is 0 Å². The Labute approximate surface area is 116 Å². The molecule has 1 aromatic rings. The standard InChI is InChI=1S/C15H21NO.ClH/c1-11-6-7-14(12(2)10-11)15(17)13(3)16-8-4-5-9-16;/h6-7,10,13H,4-5,8-9H2,1-3H3;1H. The van der Waals surface area contributed by atoms with E-state index in [1.165, 1.54) is 18.4 Å². The van der Waals surface area contributed by atoms with Gasteiger partial charge in [0.25, 0.3) is 0 Å². The molecule has 18 heavy (non-hydrogen) atoms. The number of Topliss-reactive ketones (excluding diaryl/α,β-unsaturated/α-hetero) is 1. The highest BCUT2D eigenvalue weighted by molar-refractivity contribution is 6.01. The molecule has 100 valence electrons. The maximum absolute atomic E-state index is 12.4. The van der Waals surface area contributed by atoms with Crippen molar-refractivity contribution in [3.8, 4) is 0 Å². The third kappa shape index (κ3) is 3.12. The van der Waals surface area contributed by atoms with Gasteiger partial charge in [0, 0.05) is 5.56 Å². The van der Waals surface area contributed by atoms with Crippen LogP contribution in [0, 0.1) is 13.8 Å². The maximum atomic E-state index is 12.4. The molecule has 1 heterocycles. The van der Waals surface area contributed by atoms with Crippen molar-refractivity contribution >= 4 is 18.2 Å². The van der Waals surface area contributed by atoms with Gasteiger partial charge in [-0.2, -0.15) is 0 Å². The number of rotatable bonds is 3. The molecule has 0 amide bonds. The quantitative estimate of drug-likeness (QED) is 0.783. The molecule has 0 N–H and O–H groups in total. The minimum atomic E-state index is 0. The summed E-state index contributed by atoms with van der Waals surface area (Å²) in [6.07, 6.45) is 2.45. The highest BCUT2D eigenvalue weighted by Crippen LogP contribution is 2.18. The molecule has 0 bridgehead atoms. The third-order valence-electron chi connectivity index (χ3n) is 3.72. The Kier molecular flexibility index (Phi) is 5.36. The van der Waals surface area contributed by atoms with Gasteiger partial charge in [0.1, 0.15) is 0 Å². The molecule has 3 heteroatoms. The van der Waals surface area contributed by atoms with Crippen LogP contribution in [0.25, 0.3) is 0 Å². The second-order valence-electron chi connectivity index (χ2n) is 5.10. The van der Waals surface area contributed by atoms with Gasteiger partial charge < -0.3 is 0 Å². The molecule has 1 aliphatic heterocycles. The summed E-state index contributed by atoms with van der Waals surface area (Å²) in [5.74, 6) is 0.268. The van der Waals surface area contributed by atoms with Crippen LogP contribution in [0.4, 0.5) is 0 Å². The first-order valence-corrected chi connectivity index (χ1v) is 6.45. The van der Waals surface area contributed by atoms with E-state index in [0.29, 0.717) is 0 Å². The van der Waals surface area contributed by atoms with Crippen molar-refractivity contribution in [2.45, 2.75) is 39.7 Å². The van der Waals surface area contributed by atoms with Gasteiger partial charge in [-0.3, -0.25) is 9.69 Å². The number of halogens is 1. The summed E-state index contributed by atoms with van der Waals surface area (Å²) in [6.45, 7) is 8.25. The average Bonchev–Trinajstić information content (AvgIpc) is 2.80. The van der Waals surface area contributed by atoms with Crippen LogP contribution in [-0.2, 0) is 0 Å². The van der Waals surface area contributed by atoms with Gasteiger partial charge in [-0.25, -0.2) is 0 Å². The molecule has 1 atom stereocenters. The summed E-state index contributed by atoms with van der Waals surface area (Å²) in [4.78, 5) is 14.7. The van der Waals surface area contributed by atoms with Crippen molar-refractivity contribution in [1.82, 2.24) is 4.90 Å².